The van der Waals surface area contributed by atoms with Gasteiger partial charge in [0.1, 0.15) is 10.9 Å². The van der Waals surface area contributed by atoms with Crippen molar-refractivity contribution in [3.05, 3.63) is 16.8 Å². The second-order valence-corrected chi connectivity index (χ2v) is 6.94. The summed E-state index contributed by atoms with van der Waals surface area (Å²) in [7, 11) is 1.75. The smallest absolute Gasteiger partial charge is 0.161 e. The zero-order valence-electron chi connectivity index (χ0n) is 12.6. The van der Waals surface area contributed by atoms with Gasteiger partial charge in [0.15, 0.2) is 11.6 Å². The SMILES string of the molecule is COC(c1nc(NN)c2cc(C)sc2n1)C1CCCCC1. The fourth-order valence-corrected chi connectivity index (χ4v) is 4.13. The Morgan fingerprint density at radius 2 is 2.10 bits per heavy atom. The number of nitrogen functional groups attached to an aromatic ring is 1. The first-order chi connectivity index (χ1) is 10.2. The minimum atomic E-state index is -0.0378. The number of hydrogen-bond acceptors (Lipinski definition) is 6. The average molecular weight is 306 g/mol. The summed E-state index contributed by atoms with van der Waals surface area (Å²) < 4.78 is 5.74. The predicted octanol–water partition coefficient (Wildman–Crippen LogP) is 3.55. The van der Waals surface area contributed by atoms with Gasteiger partial charge in [-0.2, -0.15) is 0 Å². The molecule has 21 heavy (non-hydrogen) atoms. The van der Waals surface area contributed by atoms with Crippen LogP contribution < -0.4 is 11.3 Å². The van der Waals surface area contributed by atoms with Crippen LogP contribution in [0.15, 0.2) is 6.07 Å². The fourth-order valence-electron chi connectivity index (χ4n) is 3.24. The van der Waals surface area contributed by atoms with Crippen molar-refractivity contribution < 1.29 is 4.74 Å². The number of thiophene rings is 1. The molecule has 2 aromatic heterocycles. The van der Waals surface area contributed by atoms with E-state index in [-0.39, 0.29) is 6.10 Å². The van der Waals surface area contributed by atoms with Crippen LogP contribution in [0.3, 0.4) is 0 Å². The average Bonchev–Trinajstić information content (AvgIpc) is 2.88. The molecular formula is C15H22N4OS. The van der Waals surface area contributed by atoms with E-state index in [1.807, 2.05) is 0 Å². The van der Waals surface area contributed by atoms with Crippen molar-refractivity contribution >= 4 is 27.4 Å². The van der Waals surface area contributed by atoms with Gasteiger partial charge < -0.3 is 10.2 Å². The Labute approximate surface area is 128 Å². The number of nitrogens with zero attached hydrogens (tertiary/aromatic N) is 2. The number of ether oxygens (including phenoxy) is 1. The Morgan fingerprint density at radius 3 is 2.76 bits per heavy atom. The lowest BCUT2D eigenvalue weighted by Crippen LogP contribution is -2.21. The molecule has 1 aliphatic rings. The number of nitrogens with two attached hydrogens (primary N) is 1. The molecule has 5 nitrogen and oxygen atoms in total. The van der Waals surface area contributed by atoms with Gasteiger partial charge in [0.2, 0.25) is 0 Å². The molecule has 1 fully saturated rings. The summed E-state index contributed by atoms with van der Waals surface area (Å²) in [6.07, 6.45) is 6.21. The largest absolute Gasteiger partial charge is 0.373 e. The van der Waals surface area contributed by atoms with Crippen LogP contribution in [0, 0.1) is 12.8 Å². The van der Waals surface area contributed by atoms with Gasteiger partial charge in [0.05, 0.1) is 5.39 Å². The molecule has 3 N–H and O–H groups in total. The number of aryl methyl sites for hydroxylation is 1. The first-order valence-electron chi connectivity index (χ1n) is 7.50. The summed E-state index contributed by atoms with van der Waals surface area (Å²) in [5.74, 6) is 7.59. The lowest BCUT2D eigenvalue weighted by atomic mass is 9.85. The van der Waals surface area contributed by atoms with E-state index in [1.54, 1.807) is 18.4 Å². The number of nitrogens with one attached hydrogen (secondary N) is 1. The summed E-state index contributed by atoms with van der Waals surface area (Å²) >= 11 is 1.67. The number of aromatic nitrogens is 2. The molecule has 2 aromatic rings. The van der Waals surface area contributed by atoms with Crippen LogP contribution in [-0.2, 0) is 4.74 Å². The minimum Gasteiger partial charge on any atom is -0.373 e. The Morgan fingerprint density at radius 1 is 1.33 bits per heavy atom. The number of anilines is 1. The third kappa shape index (κ3) is 2.88. The standard InChI is InChI=1S/C15H22N4OS/c1-9-8-11-13(19-16)17-14(18-15(11)21-9)12(20-2)10-6-4-3-5-7-10/h8,10,12H,3-7,16H2,1-2H3,(H,17,18,19). The van der Waals surface area contributed by atoms with Gasteiger partial charge in [-0.1, -0.05) is 19.3 Å². The Bertz CT molecular complexity index is 621. The molecule has 2 heterocycles. The Hall–Kier alpha value is -1.24. The zero-order valence-corrected chi connectivity index (χ0v) is 13.4. The highest BCUT2D eigenvalue weighted by Crippen LogP contribution is 2.37. The highest BCUT2D eigenvalue weighted by molar-refractivity contribution is 7.18. The lowest BCUT2D eigenvalue weighted by molar-refractivity contribution is 0.0293. The van der Waals surface area contributed by atoms with Gasteiger partial charge in [-0.05, 0) is 31.7 Å². The molecule has 3 rings (SSSR count). The van der Waals surface area contributed by atoms with E-state index in [0.29, 0.717) is 11.7 Å². The van der Waals surface area contributed by atoms with Gasteiger partial charge in [0.25, 0.3) is 0 Å². The molecule has 0 amide bonds. The van der Waals surface area contributed by atoms with E-state index in [2.05, 4.69) is 23.4 Å². The van der Waals surface area contributed by atoms with Crippen LogP contribution in [0.2, 0.25) is 0 Å². The van der Waals surface area contributed by atoms with Gasteiger partial charge in [0, 0.05) is 12.0 Å². The normalized spacial score (nSPS) is 18.0. The topological polar surface area (TPSA) is 73.1 Å². The van der Waals surface area contributed by atoms with Crippen molar-refractivity contribution in [2.24, 2.45) is 11.8 Å². The summed E-state index contributed by atoms with van der Waals surface area (Å²) in [5.41, 5.74) is 2.71. The molecule has 1 saturated carbocycles. The molecule has 0 bridgehead atoms. The monoisotopic (exact) mass is 306 g/mol. The van der Waals surface area contributed by atoms with Gasteiger partial charge in [-0.3, -0.25) is 0 Å². The lowest BCUT2D eigenvalue weighted by Gasteiger charge is -2.28. The van der Waals surface area contributed by atoms with Crippen molar-refractivity contribution in [3.8, 4) is 0 Å². The second-order valence-electron chi connectivity index (χ2n) is 5.71. The number of hydrogen-bond donors (Lipinski definition) is 2. The molecule has 0 spiro atoms. The van der Waals surface area contributed by atoms with E-state index >= 15 is 0 Å². The van der Waals surface area contributed by atoms with E-state index in [1.165, 1.54) is 37.0 Å². The van der Waals surface area contributed by atoms with Gasteiger partial charge in [-0.25, -0.2) is 15.8 Å². The summed E-state index contributed by atoms with van der Waals surface area (Å²) in [6.45, 7) is 2.07. The second kappa shape index (κ2) is 6.25. The summed E-state index contributed by atoms with van der Waals surface area (Å²) in [5, 5.41) is 0.988. The zero-order chi connectivity index (χ0) is 14.8. The summed E-state index contributed by atoms with van der Waals surface area (Å²) in [6, 6.07) is 2.07. The molecule has 0 aromatic carbocycles. The molecule has 114 valence electrons. The predicted molar refractivity (Wildman–Crippen MR) is 86.3 cm³/mol. The van der Waals surface area contributed by atoms with Crippen molar-refractivity contribution in [3.63, 3.8) is 0 Å². The first-order valence-corrected chi connectivity index (χ1v) is 8.32. The van der Waals surface area contributed by atoms with Crippen molar-refractivity contribution in [1.29, 1.82) is 0 Å². The molecule has 0 radical (unpaired) electrons. The maximum Gasteiger partial charge on any atom is 0.161 e. The van der Waals surface area contributed by atoms with E-state index in [9.17, 15) is 0 Å². The molecular weight excluding hydrogens is 284 g/mol. The number of fused-ring (bicyclic) bond motifs is 1. The van der Waals surface area contributed by atoms with Crippen LogP contribution in [0.25, 0.3) is 10.2 Å². The highest BCUT2D eigenvalue weighted by atomic mass is 32.1. The third-order valence-electron chi connectivity index (χ3n) is 4.26. The summed E-state index contributed by atoms with van der Waals surface area (Å²) in [4.78, 5) is 11.5. The first kappa shape index (κ1) is 14.7. The van der Waals surface area contributed by atoms with Crippen molar-refractivity contribution in [2.45, 2.75) is 45.1 Å². The highest BCUT2D eigenvalue weighted by Gasteiger charge is 2.28. The number of methoxy groups -OCH3 is 1. The molecule has 1 unspecified atom stereocenters. The molecule has 1 atom stereocenters. The molecule has 0 aliphatic heterocycles. The van der Waals surface area contributed by atoms with E-state index in [0.717, 1.165) is 16.0 Å². The maximum atomic E-state index is 5.74. The van der Waals surface area contributed by atoms with Crippen LogP contribution in [-0.4, -0.2) is 17.1 Å². The third-order valence-corrected chi connectivity index (χ3v) is 5.20. The van der Waals surface area contributed by atoms with Gasteiger partial charge in [-0.15, -0.1) is 11.3 Å². The van der Waals surface area contributed by atoms with Crippen LogP contribution in [0.4, 0.5) is 5.82 Å². The maximum absolute atomic E-state index is 5.74. The van der Waals surface area contributed by atoms with Crippen molar-refractivity contribution in [1.82, 2.24) is 9.97 Å². The van der Waals surface area contributed by atoms with Crippen LogP contribution in [0.5, 0.6) is 0 Å². The minimum absolute atomic E-state index is 0.0378. The number of rotatable bonds is 4. The quantitative estimate of drug-likeness (QED) is 0.667. The fraction of sp³-hybridized carbons (Fsp3) is 0.600. The number of hydrazine groups is 1. The van der Waals surface area contributed by atoms with E-state index < -0.39 is 0 Å². The molecule has 0 saturated heterocycles. The van der Waals surface area contributed by atoms with Crippen molar-refractivity contribution in [2.75, 3.05) is 12.5 Å². The Kier molecular flexibility index (Phi) is 4.37. The van der Waals surface area contributed by atoms with E-state index in [4.69, 9.17) is 15.6 Å². The van der Waals surface area contributed by atoms with Gasteiger partial charge >= 0.3 is 0 Å². The van der Waals surface area contributed by atoms with Crippen LogP contribution >= 0.6 is 11.3 Å². The Balaban J connectivity index is 2.00. The molecule has 6 heteroatoms. The molecule has 1 aliphatic carbocycles. The van der Waals surface area contributed by atoms with Crippen LogP contribution in [0.1, 0.15) is 48.9 Å².